The summed E-state index contributed by atoms with van der Waals surface area (Å²) in [6.07, 6.45) is -4.92. The van der Waals surface area contributed by atoms with Gasteiger partial charge in [0.25, 0.3) is 0 Å². The summed E-state index contributed by atoms with van der Waals surface area (Å²) in [7, 11) is 0. The first-order valence-corrected chi connectivity index (χ1v) is 5.87. The van der Waals surface area contributed by atoms with Crippen LogP contribution in [0.3, 0.4) is 0 Å². The molecule has 0 aliphatic heterocycles. The Morgan fingerprint density at radius 1 is 1.45 bits per heavy atom. The van der Waals surface area contributed by atoms with E-state index in [2.05, 4.69) is 9.72 Å². The second-order valence-electron chi connectivity index (χ2n) is 3.94. The number of aromatic nitrogens is 1. The molecule has 0 spiro atoms. The first-order chi connectivity index (χ1) is 9.26. The summed E-state index contributed by atoms with van der Waals surface area (Å²) in [6.45, 7) is 3.33. The summed E-state index contributed by atoms with van der Waals surface area (Å²) in [4.78, 5) is 15.1. The molecule has 0 saturated carbocycles. The molecule has 5 nitrogen and oxygen atoms in total. The minimum Gasteiger partial charge on any atom is -0.466 e. The standard InChI is InChI=1S/C12H15F3N2O3/c1-3-19-11(18)5-8-7(2)4-10(17-9(8)6-16)20-12(13,14)15/h4H,3,5-6,16H2,1-2H3. The van der Waals surface area contributed by atoms with Gasteiger partial charge in [-0.3, -0.25) is 4.79 Å². The Labute approximate surface area is 113 Å². The van der Waals surface area contributed by atoms with Crippen molar-refractivity contribution < 1.29 is 27.4 Å². The normalized spacial score (nSPS) is 11.3. The van der Waals surface area contributed by atoms with Crippen LogP contribution in [0, 0.1) is 6.92 Å². The Morgan fingerprint density at radius 3 is 2.60 bits per heavy atom. The number of ether oxygens (including phenoxy) is 2. The number of hydrogen-bond acceptors (Lipinski definition) is 5. The highest BCUT2D eigenvalue weighted by Gasteiger charge is 2.32. The lowest BCUT2D eigenvalue weighted by Gasteiger charge is -2.14. The van der Waals surface area contributed by atoms with Crippen molar-refractivity contribution in [2.45, 2.75) is 33.2 Å². The van der Waals surface area contributed by atoms with Gasteiger partial charge in [0.05, 0.1) is 18.7 Å². The smallest absolute Gasteiger partial charge is 0.466 e. The molecule has 20 heavy (non-hydrogen) atoms. The molecule has 112 valence electrons. The Morgan fingerprint density at radius 2 is 2.10 bits per heavy atom. The van der Waals surface area contributed by atoms with Crippen molar-refractivity contribution in [1.29, 1.82) is 0 Å². The summed E-state index contributed by atoms with van der Waals surface area (Å²) < 4.78 is 45.0. The topological polar surface area (TPSA) is 74.4 Å². The number of esters is 1. The van der Waals surface area contributed by atoms with Crippen LogP contribution in [-0.2, 0) is 22.5 Å². The molecule has 0 aliphatic rings. The number of hydrogen-bond donors (Lipinski definition) is 1. The number of alkyl halides is 3. The molecule has 0 aliphatic carbocycles. The van der Waals surface area contributed by atoms with Crippen LogP contribution in [0.5, 0.6) is 5.88 Å². The predicted octanol–water partition coefficient (Wildman–Crippen LogP) is 1.85. The number of rotatable bonds is 5. The van der Waals surface area contributed by atoms with Crippen LogP contribution in [0.15, 0.2) is 6.07 Å². The minimum atomic E-state index is -4.83. The number of carbonyl (C=O) groups excluding carboxylic acids is 1. The molecule has 0 fully saturated rings. The number of halogens is 3. The summed E-state index contributed by atoms with van der Waals surface area (Å²) in [5.74, 6) is -1.08. The monoisotopic (exact) mass is 292 g/mol. The highest BCUT2D eigenvalue weighted by Crippen LogP contribution is 2.25. The molecule has 1 aromatic rings. The van der Waals surface area contributed by atoms with E-state index >= 15 is 0 Å². The van der Waals surface area contributed by atoms with Crippen molar-refractivity contribution in [2.24, 2.45) is 5.73 Å². The quantitative estimate of drug-likeness (QED) is 0.838. The van der Waals surface area contributed by atoms with Crippen molar-refractivity contribution in [2.75, 3.05) is 6.61 Å². The highest BCUT2D eigenvalue weighted by atomic mass is 19.4. The van der Waals surface area contributed by atoms with Crippen LogP contribution in [0.4, 0.5) is 13.2 Å². The maximum absolute atomic E-state index is 12.2. The van der Waals surface area contributed by atoms with E-state index in [1.165, 1.54) is 0 Å². The maximum Gasteiger partial charge on any atom is 0.574 e. The summed E-state index contributed by atoms with van der Waals surface area (Å²) in [6, 6.07) is 1.11. The van der Waals surface area contributed by atoms with Gasteiger partial charge in [0, 0.05) is 12.6 Å². The molecule has 0 aromatic carbocycles. The van der Waals surface area contributed by atoms with Crippen molar-refractivity contribution in [1.82, 2.24) is 4.98 Å². The lowest BCUT2D eigenvalue weighted by Crippen LogP contribution is -2.20. The van der Waals surface area contributed by atoms with E-state index in [9.17, 15) is 18.0 Å². The minimum absolute atomic E-state index is 0.0918. The van der Waals surface area contributed by atoms with E-state index in [0.717, 1.165) is 6.07 Å². The highest BCUT2D eigenvalue weighted by molar-refractivity contribution is 5.73. The van der Waals surface area contributed by atoms with Crippen LogP contribution in [0.2, 0.25) is 0 Å². The van der Waals surface area contributed by atoms with Gasteiger partial charge in [0.1, 0.15) is 0 Å². The largest absolute Gasteiger partial charge is 0.574 e. The zero-order valence-electron chi connectivity index (χ0n) is 11.1. The van der Waals surface area contributed by atoms with Crippen LogP contribution in [-0.4, -0.2) is 23.9 Å². The van der Waals surface area contributed by atoms with E-state index in [1.807, 2.05) is 0 Å². The Balaban J connectivity index is 3.05. The molecule has 1 rings (SSSR count). The van der Waals surface area contributed by atoms with E-state index in [4.69, 9.17) is 10.5 Å². The Kier molecular flexibility index (Phi) is 5.32. The Bertz CT molecular complexity index is 490. The summed E-state index contributed by atoms with van der Waals surface area (Å²) in [5.41, 5.74) is 6.52. The SMILES string of the molecule is CCOC(=O)Cc1c(C)cc(OC(F)(F)F)nc1CN. The van der Waals surface area contributed by atoms with Gasteiger partial charge in [-0.05, 0) is 25.0 Å². The molecule has 0 unspecified atom stereocenters. The number of pyridine rings is 1. The van der Waals surface area contributed by atoms with Crippen LogP contribution in [0.25, 0.3) is 0 Å². The van der Waals surface area contributed by atoms with Gasteiger partial charge in [-0.2, -0.15) is 0 Å². The van der Waals surface area contributed by atoms with Crippen LogP contribution in [0.1, 0.15) is 23.7 Å². The third kappa shape index (κ3) is 4.69. The molecular weight excluding hydrogens is 277 g/mol. The summed E-state index contributed by atoms with van der Waals surface area (Å²) >= 11 is 0. The average Bonchev–Trinajstić information content (AvgIpc) is 2.30. The van der Waals surface area contributed by atoms with Crippen molar-refractivity contribution in [3.8, 4) is 5.88 Å². The van der Waals surface area contributed by atoms with Gasteiger partial charge in [-0.15, -0.1) is 13.2 Å². The molecule has 0 bridgehead atoms. The fraction of sp³-hybridized carbons (Fsp3) is 0.500. The van der Waals surface area contributed by atoms with E-state index in [-0.39, 0.29) is 25.3 Å². The molecule has 8 heteroatoms. The number of carbonyl (C=O) groups is 1. The first-order valence-electron chi connectivity index (χ1n) is 5.87. The number of nitrogens with two attached hydrogens (primary N) is 1. The number of aryl methyl sites for hydroxylation is 1. The van der Waals surface area contributed by atoms with Gasteiger partial charge < -0.3 is 15.2 Å². The zero-order chi connectivity index (χ0) is 15.3. The van der Waals surface area contributed by atoms with Crippen molar-refractivity contribution >= 4 is 5.97 Å². The van der Waals surface area contributed by atoms with Crippen molar-refractivity contribution in [3.05, 3.63) is 22.9 Å². The van der Waals surface area contributed by atoms with E-state index < -0.39 is 18.2 Å². The second kappa shape index (κ2) is 6.56. The lowest BCUT2D eigenvalue weighted by atomic mass is 10.0. The van der Waals surface area contributed by atoms with Gasteiger partial charge in [0.2, 0.25) is 5.88 Å². The molecular formula is C12H15F3N2O3. The molecule has 0 atom stereocenters. The Hall–Kier alpha value is -1.83. The fourth-order valence-electron chi connectivity index (χ4n) is 1.67. The fourth-order valence-corrected chi connectivity index (χ4v) is 1.67. The zero-order valence-corrected chi connectivity index (χ0v) is 11.1. The van der Waals surface area contributed by atoms with Gasteiger partial charge in [0.15, 0.2) is 0 Å². The lowest BCUT2D eigenvalue weighted by molar-refractivity contribution is -0.276. The number of nitrogens with zero attached hydrogens (tertiary/aromatic N) is 1. The predicted molar refractivity (Wildman–Crippen MR) is 63.9 cm³/mol. The molecule has 1 heterocycles. The first kappa shape index (κ1) is 16.2. The van der Waals surface area contributed by atoms with Crippen molar-refractivity contribution in [3.63, 3.8) is 0 Å². The molecule has 0 saturated heterocycles. The molecule has 1 aromatic heterocycles. The average molecular weight is 292 g/mol. The van der Waals surface area contributed by atoms with E-state index in [0.29, 0.717) is 11.1 Å². The molecule has 0 radical (unpaired) electrons. The van der Waals surface area contributed by atoms with Gasteiger partial charge >= 0.3 is 12.3 Å². The molecule has 2 N–H and O–H groups in total. The third-order valence-electron chi connectivity index (χ3n) is 2.45. The van der Waals surface area contributed by atoms with Crippen LogP contribution < -0.4 is 10.5 Å². The summed E-state index contributed by atoms with van der Waals surface area (Å²) in [5, 5.41) is 0. The molecule has 0 amide bonds. The maximum atomic E-state index is 12.2. The third-order valence-corrected chi connectivity index (χ3v) is 2.45. The second-order valence-corrected chi connectivity index (χ2v) is 3.94. The van der Waals surface area contributed by atoms with E-state index in [1.54, 1.807) is 13.8 Å². The van der Waals surface area contributed by atoms with Gasteiger partial charge in [-0.25, -0.2) is 4.98 Å². The van der Waals surface area contributed by atoms with Gasteiger partial charge in [-0.1, -0.05) is 0 Å². The van der Waals surface area contributed by atoms with Crippen LogP contribution >= 0.6 is 0 Å².